The van der Waals surface area contributed by atoms with E-state index in [1.165, 1.54) is 0 Å². The van der Waals surface area contributed by atoms with Crippen molar-refractivity contribution in [1.82, 2.24) is 9.78 Å². The first-order valence-corrected chi connectivity index (χ1v) is 3.99. The van der Waals surface area contributed by atoms with Gasteiger partial charge in [0.15, 0.2) is 0 Å². The molecule has 0 fully saturated rings. The van der Waals surface area contributed by atoms with Crippen molar-refractivity contribution in [1.29, 1.82) is 0 Å². The van der Waals surface area contributed by atoms with Crippen molar-refractivity contribution in [3.63, 3.8) is 0 Å². The first-order chi connectivity index (χ1) is 5.81. The molecule has 1 aromatic heterocycles. The molecule has 1 aromatic rings. The lowest BCUT2D eigenvalue weighted by atomic mass is 10.3. The summed E-state index contributed by atoms with van der Waals surface area (Å²) in [6, 6.07) is 0. The third-order valence-electron chi connectivity index (χ3n) is 2.08. The predicted octanol–water partition coefficient (Wildman–Crippen LogP) is 0.599. The molecule has 4 nitrogen and oxygen atoms in total. The van der Waals surface area contributed by atoms with Gasteiger partial charge in [0.25, 0.3) is 0 Å². The van der Waals surface area contributed by atoms with Crippen molar-refractivity contribution in [3.05, 3.63) is 11.8 Å². The van der Waals surface area contributed by atoms with Gasteiger partial charge in [0.1, 0.15) is 12.7 Å². The SMILES string of the molecule is CO[C@@H]1COc2c(C)cnn2C1. The van der Waals surface area contributed by atoms with Gasteiger partial charge in [0.2, 0.25) is 5.88 Å². The van der Waals surface area contributed by atoms with Gasteiger partial charge in [-0.15, -0.1) is 0 Å². The number of ether oxygens (including phenoxy) is 2. The largest absolute Gasteiger partial charge is 0.475 e. The number of methoxy groups -OCH3 is 1. The molecule has 12 heavy (non-hydrogen) atoms. The molecule has 66 valence electrons. The molecule has 2 rings (SSSR count). The van der Waals surface area contributed by atoms with Gasteiger partial charge >= 0.3 is 0 Å². The number of hydrogen-bond donors (Lipinski definition) is 0. The molecule has 0 unspecified atom stereocenters. The van der Waals surface area contributed by atoms with Crippen molar-refractivity contribution in [2.45, 2.75) is 19.6 Å². The molecule has 0 saturated heterocycles. The van der Waals surface area contributed by atoms with E-state index in [0.29, 0.717) is 6.61 Å². The number of rotatable bonds is 1. The van der Waals surface area contributed by atoms with Crippen molar-refractivity contribution >= 4 is 0 Å². The Labute approximate surface area is 71.1 Å². The van der Waals surface area contributed by atoms with E-state index in [9.17, 15) is 0 Å². The average molecular weight is 168 g/mol. The molecule has 1 aliphatic rings. The average Bonchev–Trinajstić information content (AvgIpc) is 2.47. The second-order valence-electron chi connectivity index (χ2n) is 2.98. The van der Waals surface area contributed by atoms with Crippen LogP contribution in [0.2, 0.25) is 0 Å². The Bertz CT molecular complexity index is 283. The van der Waals surface area contributed by atoms with Crippen LogP contribution in [0.5, 0.6) is 5.88 Å². The molecule has 0 spiro atoms. The zero-order valence-corrected chi connectivity index (χ0v) is 7.28. The number of fused-ring (bicyclic) bond motifs is 1. The zero-order valence-electron chi connectivity index (χ0n) is 7.28. The van der Waals surface area contributed by atoms with Gasteiger partial charge in [0, 0.05) is 12.7 Å². The zero-order chi connectivity index (χ0) is 8.55. The van der Waals surface area contributed by atoms with Gasteiger partial charge in [-0.25, -0.2) is 4.68 Å². The van der Waals surface area contributed by atoms with E-state index in [4.69, 9.17) is 9.47 Å². The fraction of sp³-hybridized carbons (Fsp3) is 0.625. The summed E-state index contributed by atoms with van der Waals surface area (Å²) >= 11 is 0. The van der Waals surface area contributed by atoms with Crippen LogP contribution in [0.25, 0.3) is 0 Å². The fourth-order valence-electron chi connectivity index (χ4n) is 1.35. The highest BCUT2D eigenvalue weighted by atomic mass is 16.5. The topological polar surface area (TPSA) is 36.3 Å². The highest BCUT2D eigenvalue weighted by Crippen LogP contribution is 2.21. The minimum atomic E-state index is 0.136. The van der Waals surface area contributed by atoms with E-state index in [0.717, 1.165) is 18.0 Å². The van der Waals surface area contributed by atoms with Crippen LogP contribution in [0, 0.1) is 6.92 Å². The Morgan fingerprint density at radius 3 is 3.33 bits per heavy atom. The van der Waals surface area contributed by atoms with Gasteiger partial charge < -0.3 is 9.47 Å². The first kappa shape index (κ1) is 7.61. The van der Waals surface area contributed by atoms with Crippen LogP contribution < -0.4 is 4.74 Å². The third-order valence-corrected chi connectivity index (χ3v) is 2.08. The molecule has 0 aromatic carbocycles. The van der Waals surface area contributed by atoms with Gasteiger partial charge in [-0.1, -0.05) is 0 Å². The molecule has 0 aliphatic carbocycles. The Balaban J connectivity index is 2.24. The van der Waals surface area contributed by atoms with E-state index in [1.807, 2.05) is 17.8 Å². The van der Waals surface area contributed by atoms with E-state index in [1.54, 1.807) is 7.11 Å². The van der Waals surface area contributed by atoms with E-state index in [2.05, 4.69) is 5.10 Å². The normalized spacial score (nSPS) is 21.7. The molecule has 1 atom stereocenters. The Morgan fingerprint density at radius 1 is 1.75 bits per heavy atom. The van der Waals surface area contributed by atoms with Gasteiger partial charge in [-0.3, -0.25) is 0 Å². The summed E-state index contributed by atoms with van der Waals surface area (Å²) in [6.07, 6.45) is 1.95. The summed E-state index contributed by atoms with van der Waals surface area (Å²) in [4.78, 5) is 0. The fourth-order valence-corrected chi connectivity index (χ4v) is 1.35. The molecule has 1 aliphatic heterocycles. The Kier molecular flexibility index (Phi) is 1.77. The second-order valence-corrected chi connectivity index (χ2v) is 2.98. The molecule has 0 N–H and O–H groups in total. The maximum atomic E-state index is 5.47. The predicted molar refractivity (Wildman–Crippen MR) is 43.3 cm³/mol. The monoisotopic (exact) mass is 168 g/mol. The van der Waals surface area contributed by atoms with Gasteiger partial charge in [-0.2, -0.15) is 5.10 Å². The Hall–Kier alpha value is -1.03. The van der Waals surface area contributed by atoms with Crippen LogP contribution in [-0.4, -0.2) is 29.6 Å². The maximum absolute atomic E-state index is 5.47. The van der Waals surface area contributed by atoms with Crippen LogP contribution in [0.3, 0.4) is 0 Å². The molecular weight excluding hydrogens is 156 g/mol. The lowest BCUT2D eigenvalue weighted by Gasteiger charge is -2.23. The summed E-state index contributed by atoms with van der Waals surface area (Å²) in [7, 11) is 1.69. The minimum absolute atomic E-state index is 0.136. The summed E-state index contributed by atoms with van der Waals surface area (Å²) in [5.74, 6) is 0.878. The van der Waals surface area contributed by atoms with Crippen LogP contribution in [0.4, 0.5) is 0 Å². The highest BCUT2D eigenvalue weighted by molar-refractivity contribution is 5.23. The summed E-state index contributed by atoms with van der Waals surface area (Å²) in [5, 5.41) is 4.17. The first-order valence-electron chi connectivity index (χ1n) is 3.99. The lowest BCUT2D eigenvalue weighted by Crippen LogP contribution is -2.31. The van der Waals surface area contributed by atoms with Crippen LogP contribution in [0.1, 0.15) is 5.56 Å². The minimum Gasteiger partial charge on any atom is -0.475 e. The molecule has 4 heteroatoms. The van der Waals surface area contributed by atoms with Crippen molar-refractivity contribution in [2.75, 3.05) is 13.7 Å². The van der Waals surface area contributed by atoms with Gasteiger partial charge in [0.05, 0.1) is 12.7 Å². The van der Waals surface area contributed by atoms with Crippen molar-refractivity contribution in [2.24, 2.45) is 0 Å². The quantitative estimate of drug-likeness (QED) is 0.616. The Morgan fingerprint density at radius 2 is 2.58 bits per heavy atom. The summed E-state index contributed by atoms with van der Waals surface area (Å²) in [6.45, 7) is 3.41. The molecule has 0 saturated carbocycles. The maximum Gasteiger partial charge on any atom is 0.214 e. The summed E-state index contributed by atoms with van der Waals surface area (Å²) in [5.41, 5.74) is 1.09. The van der Waals surface area contributed by atoms with Gasteiger partial charge in [-0.05, 0) is 6.92 Å². The molecule has 0 radical (unpaired) electrons. The smallest absolute Gasteiger partial charge is 0.214 e. The van der Waals surface area contributed by atoms with E-state index in [-0.39, 0.29) is 6.10 Å². The second kappa shape index (κ2) is 2.79. The van der Waals surface area contributed by atoms with Crippen molar-refractivity contribution < 1.29 is 9.47 Å². The molecular formula is C8H12N2O2. The number of aromatic nitrogens is 2. The highest BCUT2D eigenvalue weighted by Gasteiger charge is 2.20. The molecule has 0 bridgehead atoms. The molecule has 0 amide bonds. The number of hydrogen-bond acceptors (Lipinski definition) is 3. The van der Waals surface area contributed by atoms with Crippen LogP contribution in [-0.2, 0) is 11.3 Å². The molecule has 2 heterocycles. The summed E-state index contributed by atoms with van der Waals surface area (Å²) < 4.78 is 12.5. The standard InChI is InChI=1S/C8H12N2O2/c1-6-3-9-10-4-7(11-2)5-12-8(6)10/h3,7H,4-5H2,1-2H3/t7-/m0/s1. The number of nitrogens with zero attached hydrogens (tertiary/aromatic N) is 2. The van der Waals surface area contributed by atoms with E-state index < -0.39 is 0 Å². The lowest BCUT2D eigenvalue weighted by molar-refractivity contribution is 0.0176. The number of aryl methyl sites for hydroxylation is 1. The van der Waals surface area contributed by atoms with E-state index >= 15 is 0 Å². The van der Waals surface area contributed by atoms with Crippen LogP contribution in [0.15, 0.2) is 6.20 Å². The van der Waals surface area contributed by atoms with Crippen molar-refractivity contribution in [3.8, 4) is 5.88 Å². The third kappa shape index (κ3) is 1.08. The van der Waals surface area contributed by atoms with Crippen LogP contribution >= 0.6 is 0 Å².